The first-order valence-electron chi connectivity index (χ1n) is 4.49. The van der Waals surface area contributed by atoms with Crippen LogP contribution in [0, 0.1) is 5.41 Å². The summed E-state index contributed by atoms with van der Waals surface area (Å²) in [5.41, 5.74) is 0.219. The van der Waals surface area contributed by atoms with E-state index < -0.39 is 4.32 Å². The van der Waals surface area contributed by atoms with Crippen LogP contribution in [-0.4, -0.2) is 16.9 Å². The van der Waals surface area contributed by atoms with E-state index in [1.54, 1.807) is 13.8 Å². The highest BCUT2D eigenvalue weighted by molar-refractivity contribution is 9.10. The first-order chi connectivity index (χ1) is 5.63. The Bertz CT molecular complexity index is 174. The quantitative estimate of drug-likeness (QED) is 0.569. The molecule has 0 radical (unpaired) electrons. The lowest BCUT2D eigenvalue weighted by Gasteiger charge is -2.20. The summed E-state index contributed by atoms with van der Waals surface area (Å²) in [5, 5.41) is 0. The van der Waals surface area contributed by atoms with Crippen molar-refractivity contribution in [2.24, 2.45) is 5.41 Å². The van der Waals surface area contributed by atoms with E-state index in [-0.39, 0.29) is 11.4 Å². The molecule has 0 heterocycles. The van der Waals surface area contributed by atoms with E-state index in [1.165, 1.54) is 0 Å². The standard InChI is InChI=1S/C10H19BrO2/c1-9(2,3)6-7-13-8(12)10(4,5)11/h6-7H2,1-5H3. The lowest BCUT2D eigenvalue weighted by molar-refractivity contribution is -0.146. The van der Waals surface area contributed by atoms with Crippen molar-refractivity contribution in [1.29, 1.82) is 0 Å². The van der Waals surface area contributed by atoms with Crippen molar-refractivity contribution >= 4 is 21.9 Å². The number of hydrogen-bond donors (Lipinski definition) is 0. The Morgan fingerprint density at radius 2 is 1.69 bits per heavy atom. The third-order valence-corrected chi connectivity index (χ3v) is 1.89. The van der Waals surface area contributed by atoms with Crippen LogP contribution in [0.3, 0.4) is 0 Å². The zero-order valence-electron chi connectivity index (χ0n) is 9.11. The predicted octanol–water partition coefficient (Wildman–Crippen LogP) is 3.14. The van der Waals surface area contributed by atoms with Crippen LogP contribution in [0.2, 0.25) is 0 Å². The molecule has 0 saturated carbocycles. The van der Waals surface area contributed by atoms with E-state index >= 15 is 0 Å². The van der Waals surface area contributed by atoms with E-state index in [9.17, 15) is 4.79 Å². The second-order valence-electron chi connectivity index (χ2n) is 4.92. The average molecular weight is 251 g/mol. The molecule has 0 N–H and O–H groups in total. The summed E-state index contributed by atoms with van der Waals surface area (Å²) in [6.07, 6.45) is 0.891. The predicted molar refractivity (Wildman–Crippen MR) is 58.0 cm³/mol. The van der Waals surface area contributed by atoms with Gasteiger partial charge in [0.15, 0.2) is 0 Å². The largest absolute Gasteiger partial charge is 0.465 e. The van der Waals surface area contributed by atoms with Crippen molar-refractivity contribution in [2.75, 3.05) is 6.61 Å². The number of ether oxygens (including phenoxy) is 1. The fraction of sp³-hybridized carbons (Fsp3) is 0.900. The van der Waals surface area contributed by atoms with Crippen LogP contribution < -0.4 is 0 Å². The van der Waals surface area contributed by atoms with Gasteiger partial charge in [-0.05, 0) is 25.7 Å². The average Bonchev–Trinajstić information content (AvgIpc) is 1.82. The maximum atomic E-state index is 11.3. The molecular weight excluding hydrogens is 232 g/mol. The lowest BCUT2D eigenvalue weighted by Crippen LogP contribution is -2.27. The van der Waals surface area contributed by atoms with Gasteiger partial charge in [0.05, 0.1) is 6.61 Å². The highest BCUT2D eigenvalue weighted by Gasteiger charge is 2.25. The van der Waals surface area contributed by atoms with Gasteiger partial charge in [-0.2, -0.15) is 0 Å². The van der Waals surface area contributed by atoms with Crippen molar-refractivity contribution in [1.82, 2.24) is 0 Å². The first kappa shape index (κ1) is 12.9. The van der Waals surface area contributed by atoms with Crippen LogP contribution in [-0.2, 0) is 9.53 Å². The SMILES string of the molecule is CC(C)(C)CCOC(=O)C(C)(C)Br. The van der Waals surface area contributed by atoms with Gasteiger partial charge in [0.1, 0.15) is 4.32 Å². The first-order valence-corrected chi connectivity index (χ1v) is 5.28. The van der Waals surface area contributed by atoms with E-state index in [4.69, 9.17) is 4.74 Å². The lowest BCUT2D eigenvalue weighted by atomic mass is 9.93. The zero-order valence-corrected chi connectivity index (χ0v) is 10.7. The third kappa shape index (κ3) is 7.05. The van der Waals surface area contributed by atoms with Gasteiger partial charge < -0.3 is 4.74 Å². The molecule has 0 fully saturated rings. The topological polar surface area (TPSA) is 26.3 Å². The summed E-state index contributed by atoms with van der Waals surface area (Å²) in [5.74, 6) is -0.197. The summed E-state index contributed by atoms with van der Waals surface area (Å²) >= 11 is 3.25. The van der Waals surface area contributed by atoms with Gasteiger partial charge in [0.2, 0.25) is 0 Å². The maximum Gasteiger partial charge on any atom is 0.322 e. The molecule has 0 aliphatic carbocycles. The van der Waals surface area contributed by atoms with Crippen molar-refractivity contribution in [3.63, 3.8) is 0 Å². The summed E-state index contributed by atoms with van der Waals surface area (Å²) in [6.45, 7) is 10.4. The van der Waals surface area contributed by atoms with E-state index in [0.29, 0.717) is 6.61 Å². The minimum Gasteiger partial charge on any atom is -0.465 e. The van der Waals surface area contributed by atoms with Crippen molar-refractivity contribution < 1.29 is 9.53 Å². The Kier molecular flexibility index (Phi) is 4.43. The molecule has 2 nitrogen and oxygen atoms in total. The second-order valence-corrected chi connectivity index (χ2v) is 6.90. The number of hydrogen-bond acceptors (Lipinski definition) is 2. The zero-order chi connectivity index (χ0) is 10.7. The fourth-order valence-electron chi connectivity index (χ4n) is 0.622. The number of carbonyl (C=O) groups is 1. The molecule has 0 unspecified atom stereocenters. The molecule has 0 rings (SSSR count). The van der Waals surface area contributed by atoms with Gasteiger partial charge in [-0.25, -0.2) is 0 Å². The van der Waals surface area contributed by atoms with E-state index in [1.807, 2.05) is 0 Å². The molecule has 0 saturated heterocycles. The molecule has 0 bridgehead atoms. The highest BCUT2D eigenvalue weighted by atomic mass is 79.9. The molecular formula is C10H19BrO2. The Morgan fingerprint density at radius 1 is 1.23 bits per heavy atom. The Labute approximate surface area is 89.2 Å². The van der Waals surface area contributed by atoms with Gasteiger partial charge >= 0.3 is 5.97 Å². The Morgan fingerprint density at radius 3 is 2.00 bits per heavy atom. The molecule has 13 heavy (non-hydrogen) atoms. The Hall–Kier alpha value is -0.0500. The van der Waals surface area contributed by atoms with E-state index in [0.717, 1.165) is 6.42 Å². The number of esters is 1. The minimum absolute atomic E-state index is 0.197. The normalized spacial score (nSPS) is 12.8. The molecule has 0 aliphatic rings. The van der Waals surface area contributed by atoms with Crippen molar-refractivity contribution in [2.45, 2.75) is 45.4 Å². The van der Waals surface area contributed by atoms with Crippen LogP contribution in [0.25, 0.3) is 0 Å². The summed E-state index contributed by atoms with van der Waals surface area (Å²) in [7, 11) is 0. The monoisotopic (exact) mass is 250 g/mol. The molecule has 0 atom stereocenters. The molecule has 0 aromatic heterocycles. The smallest absolute Gasteiger partial charge is 0.322 e. The molecule has 0 aliphatic heterocycles. The number of carbonyl (C=O) groups excluding carboxylic acids is 1. The van der Waals surface area contributed by atoms with Crippen LogP contribution in [0.4, 0.5) is 0 Å². The minimum atomic E-state index is -0.565. The maximum absolute atomic E-state index is 11.3. The fourth-order valence-corrected chi connectivity index (χ4v) is 0.736. The van der Waals surface area contributed by atoms with Crippen LogP contribution in [0.5, 0.6) is 0 Å². The van der Waals surface area contributed by atoms with Gasteiger partial charge in [-0.15, -0.1) is 0 Å². The number of alkyl halides is 1. The molecule has 0 amide bonds. The van der Waals surface area contributed by atoms with Crippen LogP contribution in [0.15, 0.2) is 0 Å². The number of rotatable bonds is 3. The highest BCUT2D eigenvalue weighted by Crippen LogP contribution is 2.21. The number of halogens is 1. The summed E-state index contributed by atoms with van der Waals surface area (Å²) in [6, 6.07) is 0. The van der Waals surface area contributed by atoms with Gasteiger partial charge in [-0.3, -0.25) is 4.79 Å². The van der Waals surface area contributed by atoms with Crippen molar-refractivity contribution in [3.05, 3.63) is 0 Å². The molecule has 0 spiro atoms. The Balaban J connectivity index is 3.74. The van der Waals surface area contributed by atoms with E-state index in [2.05, 4.69) is 36.7 Å². The summed E-state index contributed by atoms with van der Waals surface area (Å²) < 4.78 is 4.53. The van der Waals surface area contributed by atoms with Crippen LogP contribution >= 0.6 is 15.9 Å². The van der Waals surface area contributed by atoms with Gasteiger partial charge in [0, 0.05) is 0 Å². The third-order valence-electron chi connectivity index (χ3n) is 1.57. The molecule has 0 aromatic carbocycles. The second kappa shape index (κ2) is 4.45. The van der Waals surface area contributed by atoms with Crippen LogP contribution in [0.1, 0.15) is 41.0 Å². The van der Waals surface area contributed by atoms with Gasteiger partial charge in [0.25, 0.3) is 0 Å². The summed E-state index contributed by atoms with van der Waals surface area (Å²) in [4.78, 5) is 11.3. The van der Waals surface area contributed by atoms with Gasteiger partial charge in [-0.1, -0.05) is 36.7 Å². The molecule has 78 valence electrons. The molecule has 0 aromatic rings. The molecule has 3 heteroatoms. The van der Waals surface area contributed by atoms with Crippen molar-refractivity contribution in [3.8, 4) is 0 Å².